The molecule has 0 saturated carbocycles. The van der Waals surface area contributed by atoms with Gasteiger partial charge < -0.3 is 25.7 Å². The molecule has 0 aliphatic rings. The Balaban J connectivity index is 3.93. The fourth-order valence-electron chi connectivity index (χ4n) is 0.682. The zero-order chi connectivity index (χ0) is 9.61. The molecule has 0 radical (unpaired) electrons. The summed E-state index contributed by atoms with van der Waals surface area (Å²) in [5.74, 6) is 0. The van der Waals surface area contributed by atoms with Crippen LogP contribution in [0.2, 0.25) is 0 Å². The van der Waals surface area contributed by atoms with Crippen molar-refractivity contribution >= 4 is 0 Å². The second-order valence-corrected chi connectivity index (χ2v) is 2.98. The van der Waals surface area contributed by atoms with Gasteiger partial charge in [-0.3, -0.25) is 0 Å². The topological polar surface area (TPSA) is 93.0 Å². The molecule has 5 nitrogen and oxygen atoms in total. The molecule has 0 unspecified atom stereocenters. The van der Waals surface area contributed by atoms with E-state index in [1.54, 1.807) is 6.92 Å². The third kappa shape index (κ3) is 3.46. The molecule has 74 valence electrons. The van der Waals surface area contributed by atoms with E-state index in [9.17, 15) is 0 Å². The molecule has 0 saturated heterocycles. The van der Waals surface area contributed by atoms with Gasteiger partial charge in [0.2, 0.25) is 0 Å². The van der Waals surface area contributed by atoms with Crippen molar-refractivity contribution < 1.29 is 20.4 Å². The largest absolute Gasteiger partial charge is 0.394 e. The summed E-state index contributed by atoms with van der Waals surface area (Å²) in [5.41, 5.74) is -1.09. The molecule has 0 spiro atoms. The number of rotatable bonds is 6. The lowest BCUT2D eigenvalue weighted by Gasteiger charge is -2.29. The predicted octanol–water partition coefficient (Wildman–Crippen LogP) is -2.33. The van der Waals surface area contributed by atoms with Crippen molar-refractivity contribution in [2.24, 2.45) is 0 Å². The fraction of sp³-hybridized carbons (Fsp3) is 1.00. The second-order valence-electron chi connectivity index (χ2n) is 2.98. The Hall–Kier alpha value is -0.200. The van der Waals surface area contributed by atoms with Gasteiger partial charge >= 0.3 is 0 Å². The molecule has 12 heavy (non-hydrogen) atoms. The van der Waals surface area contributed by atoms with E-state index in [4.69, 9.17) is 20.4 Å². The van der Waals surface area contributed by atoms with Gasteiger partial charge in [-0.1, -0.05) is 0 Å². The number of β-amino-alcohol motifs (C(OH)–C–C–N with tert-alkyl or cyclic N) is 1. The summed E-state index contributed by atoms with van der Waals surface area (Å²) in [5, 5.41) is 38.1. The molecule has 0 aliphatic carbocycles. The molecule has 0 amide bonds. The first-order chi connectivity index (χ1) is 5.60. The predicted molar refractivity (Wildman–Crippen MR) is 43.7 cm³/mol. The molecular formula is C7H17NO4. The molecule has 0 bridgehead atoms. The van der Waals surface area contributed by atoms with E-state index in [2.05, 4.69) is 5.32 Å². The Morgan fingerprint density at radius 2 is 1.58 bits per heavy atom. The van der Waals surface area contributed by atoms with Crippen LogP contribution in [0.4, 0.5) is 0 Å². The molecule has 0 aromatic carbocycles. The molecule has 0 aromatic heterocycles. The SMILES string of the molecule is C[C@H](O)CNC(CO)(CO)CO. The van der Waals surface area contributed by atoms with Crippen LogP contribution in [0, 0.1) is 0 Å². The van der Waals surface area contributed by atoms with Crippen molar-refractivity contribution in [3.8, 4) is 0 Å². The molecule has 0 heterocycles. The number of aliphatic hydroxyl groups is 4. The monoisotopic (exact) mass is 179 g/mol. The number of hydrogen-bond donors (Lipinski definition) is 5. The van der Waals surface area contributed by atoms with Crippen LogP contribution in [-0.2, 0) is 0 Å². The van der Waals surface area contributed by atoms with Crippen LogP contribution in [-0.4, -0.2) is 58.4 Å². The third-order valence-electron chi connectivity index (χ3n) is 1.68. The number of hydrogen-bond acceptors (Lipinski definition) is 5. The fourth-order valence-corrected chi connectivity index (χ4v) is 0.682. The Labute approximate surface area is 71.7 Å². The lowest BCUT2D eigenvalue weighted by molar-refractivity contribution is 0.0340. The third-order valence-corrected chi connectivity index (χ3v) is 1.68. The minimum Gasteiger partial charge on any atom is -0.394 e. The molecule has 0 aliphatic heterocycles. The van der Waals surface area contributed by atoms with Gasteiger partial charge in [0.05, 0.1) is 31.5 Å². The Bertz CT molecular complexity index is 106. The molecule has 5 N–H and O–H groups in total. The van der Waals surface area contributed by atoms with Crippen molar-refractivity contribution in [1.29, 1.82) is 0 Å². The van der Waals surface area contributed by atoms with E-state index in [-0.39, 0.29) is 26.4 Å². The maximum atomic E-state index is 8.89. The van der Waals surface area contributed by atoms with Crippen molar-refractivity contribution in [1.82, 2.24) is 5.32 Å². The minimum atomic E-state index is -1.09. The van der Waals surface area contributed by atoms with Crippen LogP contribution >= 0.6 is 0 Å². The first kappa shape index (κ1) is 11.8. The average Bonchev–Trinajstić information content (AvgIpc) is 2.08. The Morgan fingerprint density at radius 1 is 1.17 bits per heavy atom. The van der Waals surface area contributed by atoms with Crippen molar-refractivity contribution in [2.75, 3.05) is 26.4 Å². The molecule has 1 atom stereocenters. The summed E-state index contributed by atoms with van der Waals surface area (Å²) in [7, 11) is 0. The zero-order valence-corrected chi connectivity index (χ0v) is 7.19. The summed E-state index contributed by atoms with van der Waals surface area (Å²) >= 11 is 0. The number of aliphatic hydroxyl groups excluding tert-OH is 4. The number of nitrogens with one attached hydrogen (secondary N) is 1. The molecule has 0 fully saturated rings. The first-order valence-electron chi connectivity index (χ1n) is 3.86. The first-order valence-corrected chi connectivity index (χ1v) is 3.86. The minimum absolute atomic E-state index is 0.224. The standard InChI is InChI=1S/C7H17NO4/c1-6(12)2-8-7(3-9,4-10)5-11/h6,8-12H,2-5H2,1H3/t6-/m0/s1. The van der Waals surface area contributed by atoms with Crippen LogP contribution in [0.15, 0.2) is 0 Å². The van der Waals surface area contributed by atoms with Gasteiger partial charge in [-0.15, -0.1) is 0 Å². The van der Waals surface area contributed by atoms with Gasteiger partial charge in [-0.25, -0.2) is 0 Å². The van der Waals surface area contributed by atoms with Gasteiger partial charge in [0.1, 0.15) is 0 Å². The van der Waals surface area contributed by atoms with Crippen LogP contribution in [0.3, 0.4) is 0 Å². The van der Waals surface area contributed by atoms with Gasteiger partial charge in [0, 0.05) is 6.54 Å². The lowest BCUT2D eigenvalue weighted by Crippen LogP contribution is -2.56. The molecule has 0 rings (SSSR count). The van der Waals surface area contributed by atoms with Gasteiger partial charge in [0.15, 0.2) is 0 Å². The quantitative estimate of drug-likeness (QED) is 0.315. The maximum Gasteiger partial charge on any atom is 0.0882 e. The van der Waals surface area contributed by atoms with E-state index >= 15 is 0 Å². The molecule has 5 heteroatoms. The van der Waals surface area contributed by atoms with Crippen LogP contribution in [0.1, 0.15) is 6.92 Å². The van der Waals surface area contributed by atoms with Crippen molar-refractivity contribution in [3.63, 3.8) is 0 Å². The highest BCUT2D eigenvalue weighted by molar-refractivity contribution is 4.86. The van der Waals surface area contributed by atoms with Crippen molar-refractivity contribution in [2.45, 2.75) is 18.6 Å². The van der Waals surface area contributed by atoms with Gasteiger partial charge in [-0.05, 0) is 6.92 Å². The second kappa shape index (κ2) is 5.45. The van der Waals surface area contributed by atoms with E-state index in [0.29, 0.717) is 0 Å². The highest BCUT2D eigenvalue weighted by atomic mass is 16.3. The Morgan fingerprint density at radius 3 is 1.83 bits per heavy atom. The Kier molecular flexibility index (Phi) is 5.36. The van der Waals surface area contributed by atoms with Crippen LogP contribution in [0.5, 0.6) is 0 Å². The molecule has 0 aromatic rings. The van der Waals surface area contributed by atoms with E-state index in [1.165, 1.54) is 0 Å². The van der Waals surface area contributed by atoms with E-state index < -0.39 is 11.6 Å². The van der Waals surface area contributed by atoms with Crippen LogP contribution in [0.25, 0.3) is 0 Å². The van der Waals surface area contributed by atoms with Gasteiger partial charge in [-0.2, -0.15) is 0 Å². The van der Waals surface area contributed by atoms with Crippen molar-refractivity contribution in [3.05, 3.63) is 0 Å². The lowest BCUT2D eigenvalue weighted by atomic mass is 10.0. The maximum absolute atomic E-state index is 8.89. The highest BCUT2D eigenvalue weighted by Crippen LogP contribution is 2.00. The smallest absolute Gasteiger partial charge is 0.0882 e. The summed E-state index contributed by atoms with van der Waals surface area (Å²) in [6.07, 6.45) is -0.575. The van der Waals surface area contributed by atoms with E-state index in [1.807, 2.05) is 0 Å². The molecular weight excluding hydrogens is 162 g/mol. The van der Waals surface area contributed by atoms with Crippen LogP contribution < -0.4 is 5.32 Å². The highest BCUT2D eigenvalue weighted by Gasteiger charge is 2.27. The summed E-state index contributed by atoms with van der Waals surface area (Å²) in [6, 6.07) is 0. The summed E-state index contributed by atoms with van der Waals surface area (Å²) in [4.78, 5) is 0. The normalized spacial score (nSPS) is 14.8. The zero-order valence-electron chi connectivity index (χ0n) is 7.19. The summed E-state index contributed by atoms with van der Waals surface area (Å²) < 4.78 is 0. The summed E-state index contributed by atoms with van der Waals surface area (Å²) in [6.45, 7) is 0.692. The van der Waals surface area contributed by atoms with Gasteiger partial charge in [0.25, 0.3) is 0 Å². The average molecular weight is 179 g/mol. The van der Waals surface area contributed by atoms with E-state index in [0.717, 1.165) is 0 Å².